The van der Waals surface area contributed by atoms with Crippen molar-refractivity contribution in [2.75, 3.05) is 0 Å². The number of hydrogen-bond donors (Lipinski definition) is 0. The van der Waals surface area contributed by atoms with Crippen LogP contribution in [0.1, 0.15) is 52.7 Å². The maximum Gasteiger partial charge on any atom is -0.0152 e. The molecular formula is C18H30. The van der Waals surface area contributed by atoms with Gasteiger partial charge in [0.05, 0.1) is 0 Å². The molecule has 0 heteroatoms. The van der Waals surface area contributed by atoms with Crippen LogP contribution in [0.15, 0.2) is 36.4 Å². The Kier molecular flexibility index (Phi) is 12.9. The highest BCUT2D eigenvalue weighted by atomic mass is 14.0. The third kappa shape index (κ3) is 5.35. The van der Waals surface area contributed by atoms with Crippen molar-refractivity contribution in [2.24, 2.45) is 0 Å². The van der Waals surface area contributed by atoms with Gasteiger partial charge in [-0.25, -0.2) is 0 Å². The molecule has 0 spiro atoms. The second-order valence-corrected chi connectivity index (χ2v) is 3.23. The summed E-state index contributed by atoms with van der Waals surface area (Å²) in [6.07, 6.45) is 0. The molecule has 0 nitrogen and oxygen atoms in total. The lowest BCUT2D eigenvalue weighted by Crippen LogP contribution is -1.82. The zero-order chi connectivity index (χ0) is 14.6. The van der Waals surface area contributed by atoms with Crippen LogP contribution in [0.2, 0.25) is 0 Å². The van der Waals surface area contributed by atoms with Crippen LogP contribution in [-0.4, -0.2) is 0 Å². The van der Waals surface area contributed by atoms with Gasteiger partial charge in [-0.2, -0.15) is 0 Å². The fraction of sp³-hybridized carbons (Fsp3) is 0.444. The summed E-state index contributed by atoms with van der Waals surface area (Å²) in [6.45, 7) is 16.3. The van der Waals surface area contributed by atoms with Crippen molar-refractivity contribution in [3.05, 3.63) is 47.5 Å². The van der Waals surface area contributed by atoms with Gasteiger partial charge >= 0.3 is 0 Å². The minimum atomic E-state index is 1.33. The molecule has 2 aromatic carbocycles. The topological polar surface area (TPSA) is 0 Å². The van der Waals surface area contributed by atoms with Crippen LogP contribution in [0, 0.1) is 13.8 Å². The Hall–Kier alpha value is -1.30. The third-order valence-electron chi connectivity index (χ3n) is 2.47. The Bertz CT molecular complexity index is 413. The normalized spacial score (nSPS) is 8.00. The first-order chi connectivity index (χ1) is 8.79. The standard InChI is InChI=1S/C12H12.3C2H6/c1-9-7-8-11-5-3-4-6-12(11)10(9)2;3*1-2/h3-8H,1-2H3;3*1-2H3. The zero-order valence-corrected chi connectivity index (χ0v) is 13.5. The van der Waals surface area contributed by atoms with Gasteiger partial charge in [0.2, 0.25) is 0 Å². The Morgan fingerprint density at radius 2 is 1.11 bits per heavy atom. The summed E-state index contributed by atoms with van der Waals surface area (Å²) in [5.41, 5.74) is 2.77. The highest BCUT2D eigenvalue weighted by molar-refractivity contribution is 5.86. The van der Waals surface area contributed by atoms with E-state index in [4.69, 9.17) is 0 Å². The predicted octanol–water partition coefficient (Wildman–Crippen LogP) is 6.54. The summed E-state index contributed by atoms with van der Waals surface area (Å²) in [6, 6.07) is 12.9. The maximum absolute atomic E-state index is 2.18. The average Bonchev–Trinajstić information content (AvgIpc) is 2.49. The average molecular weight is 246 g/mol. The lowest BCUT2D eigenvalue weighted by molar-refractivity contribution is 1.38. The molecule has 0 saturated carbocycles. The van der Waals surface area contributed by atoms with Crippen LogP contribution in [0.5, 0.6) is 0 Å². The molecule has 18 heavy (non-hydrogen) atoms. The van der Waals surface area contributed by atoms with Crippen molar-refractivity contribution < 1.29 is 0 Å². The fourth-order valence-electron chi connectivity index (χ4n) is 1.54. The maximum atomic E-state index is 2.18. The Labute approximate surface area is 114 Å². The second kappa shape index (κ2) is 12.2. The largest absolute Gasteiger partial charge is 0.0683 e. The smallest absolute Gasteiger partial charge is 0.0152 e. The van der Waals surface area contributed by atoms with Crippen LogP contribution in [-0.2, 0) is 0 Å². The molecule has 0 fully saturated rings. The molecule has 0 aromatic heterocycles. The van der Waals surface area contributed by atoms with Crippen molar-refractivity contribution in [2.45, 2.75) is 55.4 Å². The zero-order valence-electron chi connectivity index (χ0n) is 13.5. The van der Waals surface area contributed by atoms with Crippen molar-refractivity contribution in [3.8, 4) is 0 Å². The van der Waals surface area contributed by atoms with Gasteiger partial charge in [0.15, 0.2) is 0 Å². The van der Waals surface area contributed by atoms with Gasteiger partial charge in [-0.15, -0.1) is 0 Å². The highest BCUT2D eigenvalue weighted by Gasteiger charge is 1.97. The summed E-state index contributed by atoms with van der Waals surface area (Å²) < 4.78 is 0. The summed E-state index contributed by atoms with van der Waals surface area (Å²) >= 11 is 0. The number of hydrogen-bond acceptors (Lipinski definition) is 0. The Morgan fingerprint density at radius 1 is 0.611 bits per heavy atom. The minimum Gasteiger partial charge on any atom is -0.0683 e. The summed E-state index contributed by atoms with van der Waals surface area (Å²) in [7, 11) is 0. The van der Waals surface area contributed by atoms with E-state index in [0.29, 0.717) is 0 Å². The van der Waals surface area contributed by atoms with Gasteiger partial charge in [0.25, 0.3) is 0 Å². The Morgan fingerprint density at radius 3 is 1.67 bits per heavy atom. The van der Waals surface area contributed by atoms with Crippen molar-refractivity contribution in [1.29, 1.82) is 0 Å². The third-order valence-corrected chi connectivity index (χ3v) is 2.47. The van der Waals surface area contributed by atoms with E-state index in [-0.39, 0.29) is 0 Å². The van der Waals surface area contributed by atoms with Crippen LogP contribution in [0.25, 0.3) is 10.8 Å². The lowest BCUT2D eigenvalue weighted by atomic mass is 10.0. The van der Waals surface area contributed by atoms with E-state index < -0.39 is 0 Å². The number of fused-ring (bicyclic) bond motifs is 1. The molecule has 2 rings (SSSR count). The molecule has 0 saturated heterocycles. The summed E-state index contributed by atoms with van der Waals surface area (Å²) in [4.78, 5) is 0. The summed E-state index contributed by atoms with van der Waals surface area (Å²) in [5, 5.41) is 2.71. The van der Waals surface area contributed by atoms with Gasteiger partial charge < -0.3 is 0 Å². The van der Waals surface area contributed by atoms with Gasteiger partial charge in [-0.1, -0.05) is 77.9 Å². The van der Waals surface area contributed by atoms with Crippen LogP contribution in [0.3, 0.4) is 0 Å². The molecule has 0 unspecified atom stereocenters. The first-order valence-corrected chi connectivity index (χ1v) is 7.24. The summed E-state index contributed by atoms with van der Waals surface area (Å²) in [5.74, 6) is 0. The fourth-order valence-corrected chi connectivity index (χ4v) is 1.54. The van der Waals surface area contributed by atoms with Crippen molar-refractivity contribution >= 4 is 10.8 Å². The minimum absolute atomic E-state index is 1.33. The first-order valence-electron chi connectivity index (χ1n) is 7.24. The SMILES string of the molecule is CC.CC.CC.Cc1ccc2ccccc2c1C. The molecule has 0 radical (unpaired) electrons. The molecule has 0 N–H and O–H groups in total. The predicted molar refractivity (Wildman–Crippen MR) is 87.5 cm³/mol. The molecule has 0 amide bonds. The Balaban J connectivity index is 0. The number of rotatable bonds is 0. The van der Waals surface area contributed by atoms with Gasteiger partial charge in [-0.05, 0) is 35.7 Å². The van der Waals surface area contributed by atoms with E-state index in [0.717, 1.165) is 0 Å². The molecule has 0 heterocycles. The number of aryl methyl sites for hydroxylation is 2. The van der Waals surface area contributed by atoms with Crippen molar-refractivity contribution in [3.63, 3.8) is 0 Å². The first kappa shape index (κ1) is 19.0. The highest BCUT2D eigenvalue weighted by Crippen LogP contribution is 2.20. The monoisotopic (exact) mass is 246 g/mol. The van der Waals surface area contributed by atoms with Crippen LogP contribution >= 0.6 is 0 Å². The van der Waals surface area contributed by atoms with E-state index in [1.807, 2.05) is 41.5 Å². The second-order valence-electron chi connectivity index (χ2n) is 3.23. The molecule has 0 aliphatic rings. The van der Waals surface area contributed by atoms with E-state index in [1.54, 1.807) is 0 Å². The molecule has 102 valence electrons. The van der Waals surface area contributed by atoms with Crippen LogP contribution in [0.4, 0.5) is 0 Å². The van der Waals surface area contributed by atoms with E-state index >= 15 is 0 Å². The molecule has 0 aliphatic carbocycles. The molecular weight excluding hydrogens is 216 g/mol. The molecule has 0 bridgehead atoms. The molecule has 2 aromatic rings. The van der Waals surface area contributed by atoms with E-state index in [9.17, 15) is 0 Å². The van der Waals surface area contributed by atoms with E-state index in [2.05, 4.69) is 50.2 Å². The number of benzene rings is 2. The van der Waals surface area contributed by atoms with Gasteiger partial charge in [0.1, 0.15) is 0 Å². The van der Waals surface area contributed by atoms with E-state index in [1.165, 1.54) is 21.9 Å². The quantitative estimate of drug-likeness (QED) is 0.495. The van der Waals surface area contributed by atoms with Crippen molar-refractivity contribution in [1.82, 2.24) is 0 Å². The lowest BCUT2D eigenvalue weighted by Gasteiger charge is -2.04. The van der Waals surface area contributed by atoms with Crippen LogP contribution < -0.4 is 0 Å². The molecule has 0 atom stereocenters. The molecule has 0 aliphatic heterocycles. The van der Waals surface area contributed by atoms with Gasteiger partial charge in [-0.3, -0.25) is 0 Å². The van der Waals surface area contributed by atoms with Gasteiger partial charge in [0, 0.05) is 0 Å².